The van der Waals surface area contributed by atoms with Gasteiger partial charge in [-0.1, -0.05) is 11.8 Å². The summed E-state index contributed by atoms with van der Waals surface area (Å²) in [5.41, 5.74) is -0.638. The second-order valence-electron chi connectivity index (χ2n) is 5.95. The van der Waals surface area contributed by atoms with Gasteiger partial charge in [0.1, 0.15) is 6.10 Å². The van der Waals surface area contributed by atoms with Crippen molar-refractivity contribution in [3.8, 4) is 11.8 Å². The number of aliphatic hydroxyl groups is 1. The molecule has 1 rings (SSSR count). The molecule has 0 aromatic carbocycles. The Morgan fingerprint density at radius 1 is 1.53 bits per heavy atom. The molecule has 0 bridgehead atoms. The van der Waals surface area contributed by atoms with Gasteiger partial charge < -0.3 is 19.3 Å². The number of hydrogen-bond acceptors (Lipinski definition) is 5. The lowest BCUT2D eigenvalue weighted by Gasteiger charge is -2.18. The molecule has 1 fully saturated rings. The molecule has 0 aromatic rings. The molecule has 5 heteroatoms. The molecule has 1 unspecified atom stereocenters. The summed E-state index contributed by atoms with van der Waals surface area (Å²) in [6.07, 6.45) is -1.46. The summed E-state index contributed by atoms with van der Waals surface area (Å²) in [4.78, 5) is 11.5. The monoisotopic (exact) mass is 270 g/mol. The van der Waals surface area contributed by atoms with E-state index in [-0.39, 0.29) is 12.5 Å². The first kappa shape index (κ1) is 16.0. The number of ether oxygens (including phenoxy) is 3. The highest BCUT2D eigenvalue weighted by Crippen LogP contribution is 2.21. The van der Waals surface area contributed by atoms with Crippen LogP contribution in [0, 0.1) is 17.3 Å². The first-order chi connectivity index (χ1) is 8.60. The van der Waals surface area contributed by atoms with Crippen molar-refractivity contribution in [2.45, 2.75) is 59.2 Å². The van der Waals surface area contributed by atoms with Gasteiger partial charge >= 0.3 is 5.97 Å². The molecule has 1 N–H and O–H groups in total. The van der Waals surface area contributed by atoms with Crippen LogP contribution < -0.4 is 0 Å². The van der Waals surface area contributed by atoms with E-state index >= 15 is 0 Å². The molecular weight excluding hydrogens is 248 g/mol. The number of hydrogen-bond donors (Lipinski definition) is 1. The van der Waals surface area contributed by atoms with Crippen LogP contribution in [0.5, 0.6) is 0 Å². The van der Waals surface area contributed by atoms with Crippen molar-refractivity contribution in [1.29, 1.82) is 0 Å². The van der Waals surface area contributed by atoms with Crippen LogP contribution in [0.3, 0.4) is 0 Å². The Morgan fingerprint density at radius 3 is 2.63 bits per heavy atom. The molecule has 0 amide bonds. The lowest BCUT2D eigenvalue weighted by Crippen LogP contribution is -2.28. The number of esters is 1. The van der Waals surface area contributed by atoms with Crippen LogP contribution in [-0.2, 0) is 19.0 Å². The molecule has 1 aliphatic heterocycles. The normalized spacial score (nSPS) is 23.4. The van der Waals surface area contributed by atoms with Crippen molar-refractivity contribution in [1.82, 2.24) is 0 Å². The summed E-state index contributed by atoms with van der Waals surface area (Å²) in [5, 5.41) is 9.54. The van der Waals surface area contributed by atoms with Gasteiger partial charge in [-0.3, -0.25) is 4.79 Å². The van der Waals surface area contributed by atoms with Crippen LogP contribution in [0.2, 0.25) is 0 Å². The van der Waals surface area contributed by atoms with Crippen LogP contribution in [0.15, 0.2) is 0 Å². The Kier molecular flexibility index (Phi) is 4.97. The Morgan fingerprint density at radius 2 is 2.16 bits per heavy atom. The van der Waals surface area contributed by atoms with Gasteiger partial charge in [0.15, 0.2) is 5.79 Å². The highest BCUT2D eigenvalue weighted by atomic mass is 16.7. The van der Waals surface area contributed by atoms with E-state index in [2.05, 4.69) is 11.8 Å². The largest absolute Gasteiger partial charge is 0.434 e. The van der Waals surface area contributed by atoms with E-state index in [0.29, 0.717) is 6.61 Å². The number of rotatable bonds is 2. The summed E-state index contributed by atoms with van der Waals surface area (Å²) in [5.74, 6) is 4.50. The third-order valence-corrected chi connectivity index (χ3v) is 2.40. The van der Waals surface area contributed by atoms with Crippen molar-refractivity contribution < 1.29 is 24.1 Å². The highest BCUT2D eigenvalue weighted by molar-refractivity contribution is 5.75. The first-order valence-electron chi connectivity index (χ1n) is 6.29. The molecule has 0 radical (unpaired) electrons. The Labute approximate surface area is 114 Å². The van der Waals surface area contributed by atoms with Gasteiger partial charge in [-0.15, -0.1) is 0 Å². The quantitative estimate of drug-likeness (QED) is 0.467. The minimum atomic E-state index is -1.21. The van der Waals surface area contributed by atoms with E-state index in [1.165, 1.54) is 0 Å². The molecule has 0 spiro atoms. The van der Waals surface area contributed by atoms with Crippen molar-refractivity contribution >= 4 is 5.97 Å². The smallest absolute Gasteiger partial charge is 0.313 e. The van der Waals surface area contributed by atoms with Crippen molar-refractivity contribution in [3.05, 3.63) is 0 Å². The number of aliphatic hydroxyl groups excluding tert-OH is 1. The zero-order valence-electron chi connectivity index (χ0n) is 12.1. The number of carbonyl (C=O) groups is 1. The molecule has 2 atom stereocenters. The maximum Gasteiger partial charge on any atom is 0.313 e. The van der Waals surface area contributed by atoms with Crippen molar-refractivity contribution in [2.75, 3.05) is 6.61 Å². The van der Waals surface area contributed by atoms with E-state index < -0.39 is 23.5 Å². The Balaban J connectivity index is 2.36. The van der Waals surface area contributed by atoms with Crippen LogP contribution in [0.1, 0.15) is 41.0 Å². The standard InChI is InChI=1S/C14H22O5/c1-13(2,3)12(16)18-11(15)8-6-7-10-9-17-14(4,5)19-10/h10-11,15H,8-9H2,1-5H3/t10-,11?/m1/s1. The average Bonchev–Trinajstić information content (AvgIpc) is 2.56. The zero-order chi connectivity index (χ0) is 14.7. The molecular formula is C14H22O5. The third kappa shape index (κ3) is 5.60. The van der Waals surface area contributed by atoms with Gasteiger partial charge in [-0.25, -0.2) is 0 Å². The van der Waals surface area contributed by atoms with E-state index in [9.17, 15) is 9.90 Å². The predicted octanol–water partition coefficient (Wildman–Crippen LogP) is 1.44. The van der Waals surface area contributed by atoms with Crippen molar-refractivity contribution in [2.24, 2.45) is 5.41 Å². The lowest BCUT2D eigenvalue weighted by atomic mass is 9.97. The van der Waals surface area contributed by atoms with E-state index in [1.54, 1.807) is 20.8 Å². The minimum Gasteiger partial charge on any atom is -0.434 e. The topological polar surface area (TPSA) is 65.0 Å². The SMILES string of the molecule is CC1(C)OC[C@@H](C#CCC(O)OC(=O)C(C)(C)C)O1. The van der Waals surface area contributed by atoms with Crippen LogP contribution >= 0.6 is 0 Å². The third-order valence-electron chi connectivity index (χ3n) is 2.40. The summed E-state index contributed by atoms with van der Waals surface area (Å²) in [6, 6.07) is 0. The highest BCUT2D eigenvalue weighted by Gasteiger charge is 2.31. The fourth-order valence-electron chi connectivity index (χ4n) is 1.36. The maximum atomic E-state index is 11.5. The van der Waals surface area contributed by atoms with E-state index in [0.717, 1.165) is 0 Å². The molecule has 0 saturated carbocycles. The summed E-state index contributed by atoms with van der Waals surface area (Å²) < 4.78 is 15.7. The van der Waals surface area contributed by atoms with Crippen LogP contribution in [0.4, 0.5) is 0 Å². The predicted molar refractivity (Wildman–Crippen MR) is 68.9 cm³/mol. The second-order valence-corrected chi connectivity index (χ2v) is 5.95. The zero-order valence-corrected chi connectivity index (χ0v) is 12.1. The Bertz CT molecular complexity index is 383. The fraction of sp³-hybridized carbons (Fsp3) is 0.786. The van der Waals surface area contributed by atoms with E-state index in [1.807, 2.05) is 13.8 Å². The molecule has 0 aromatic heterocycles. The van der Waals surface area contributed by atoms with Gasteiger partial charge in [0.2, 0.25) is 6.29 Å². The van der Waals surface area contributed by atoms with E-state index in [4.69, 9.17) is 14.2 Å². The maximum absolute atomic E-state index is 11.5. The molecule has 5 nitrogen and oxygen atoms in total. The summed E-state index contributed by atoms with van der Waals surface area (Å²) in [6.45, 7) is 9.19. The van der Waals surface area contributed by atoms with Gasteiger partial charge in [0.25, 0.3) is 0 Å². The first-order valence-corrected chi connectivity index (χ1v) is 6.29. The molecule has 0 aliphatic carbocycles. The summed E-state index contributed by atoms with van der Waals surface area (Å²) in [7, 11) is 0. The molecule has 1 saturated heterocycles. The van der Waals surface area contributed by atoms with Crippen LogP contribution in [0.25, 0.3) is 0 Å². The van der Waals surface area contributed by atoms with Gasteiger partial charge in [0.05, 0.1) is 18.4 Å². The molecule has 19 heavy (non-hydrogen) atoms. The second kappa shape index (κ2) is 5.91. The molecule has 108 valence electrons. The lowest BCUT2D eigenvalue weighted by molar-refractivity contribution is -0.176. The van der Waals surface area contributed by atoms with Crippen molar-refractivity contribution in [3.63, 3.8) is 0 Å². The van der Waals surface area contributed by atoms with Gasteiger partial charge in [-0.2, -0.15) is 0 Å². The fourth-order valence-corrected chi connectivity index (χ4v) is 1.36. The molecule has 1 aliphatic rings. The summed E-state index contributed by atoms with van der Waals surface area (Å²) >= 11 is 0. The molecule has 1 heterocycles. The van der Waals surface area contributed by atoms with Gasteiger partial charge in [0, 0.05) is 0 Å². The Hall–Kier alpha value is -1.09. The number of carbonyl (C=O) groups excluding carboxylic acids is 1. The van der Waals surface area contributed by atoms with Gasteiger partial charge in [-0.05, 0) is 34.6 Å². The van der Waals surface area contributed by atoms with Crippen LogP contribution in [-0.4, -0.2) is 35.9 Å². The minimum absolute atomic E-state index is 0.0576. The average molecular weight is 270 g/mol.